The van der Waals surface area contributed by atoms with Gasteiger partial charge in [0.1, 0.15) is 6.04 Å². The van der Waals surface area contributed by atoms with Gasteiger partial charge in [0.25, 0.3) is 0 Å². The molecule has 0 saturated carbocycles. The van der Waals surface area contributed by atoms with E-state index in [0.717, 1.165) is 15.8 Å². The van der Waals surface area contributed by atoms with Gasteiger partial charge in [-0.05, 0) is 42.3 Å². The molecule has 0 spiro atoms. The number of thiazole rings is 1. The highest BCUT2D eigenvalue weighted by atomic mass is 32.2. The summed E-state index contributed by atoms with van der Waals surface area (Å²) >= 11 is 1.24. The highest BCUT2D eigenvalue weighted by Crippen LogP contribution is 2.28. The van der Waals surface area contributed by atoms with Gasteiger partial charge in [0, 0.05) is 6.54 Å². The van der Waals surface area contributed by atoms with Crippen molar-refractivity contribution in [2.75, 3.05) is 0 Å². The summed E-state index contributed by atoms with van der Waals surface area (Å²) in [6.07, 6.45) is -5.08. The zero-order chi connectivity index (χ0) is 28.1. The number of Topliss-reactive ketones (excluding diaryl/α,β-unsaturated/α-hetero) is 1. The van der Waals surface area contributed by atoms with Gasteiger partial charge in [-0.15, -0.1) is 11.3 Å². The number of aryl methyl sites for hydroxylation is 1. The summed E-state index contributed by atoms with van der Waals surface area (Å²) in [5.74, 6) is -3.16. The summed E-state index contributed by atoms with van der Waals surface area (Å²) in [4.78, 5) is 26.8. The number of aliphatic carboxylic acids is 1. The molecule has 0 bridgehead atoms. The number of hydrogen-bond acceptors (Lipinski definition) is 7. The lowest BCUT2D eigenvalue weighted by Gasteiger charge is -2.18. The number of sulfonamides is 1. The van der Waals surface area contributed by atoms with Gasteiger partial charge < -0.3 is 10.8 Å². The third-order valence-corrected chi connectivity index (χ3v) is 7.65. The first-order chi connectivity index (χ1) is 17.8. The van der Waals surface area contributed by atoms with E-state index in [1.54, 1.807) is 36.4 Å². The molecule has 4 aromatic rings. The predicted octanol–water partition coefficient (Wildman–Crippen LogP) is 4.60. The second-order valence-electron chi connectivity index (χ2n) is 7.97. The summed E-state index contributed by atoms with van der Waals surface area (Å²) in [5, 5.41) is 7.38. The van der Waals surface area contributed by atoms with Gasteiger partial charge in [-0.3, -0.25) is 4.79 Å². The Balaban J connectivity index is 0.000000505. The number of carbonyl (C=O) groups excluding carboxylic acids is 1. The molecular weight excluding hydrogens is 543 g/mol. The molecular formula is C25H22F3N3O5S2. The first-order valence-corrected chi connectivity index (χ1v) is 13.2. The molecule has 0 aliphatic carbocycles. The van der Waals surface area contributed by atoms with Crippen molar-refractivity contribution in [2.45, 2.75) is 30.6 Å². The average molecular weight is 566 g/mol. The third-order valence-electron chi connectivity index (χ3n) is 5.16. The molecule has 0 aliphatic heterocycles. The lowest BCUT2D eigenvalue weighted by molar-refractivity contribution is -0.192. The molecule has 0 amide bonds. The van der Waals surface area contributed by atoms with Crippen LogP contribution in [0, 0.1) is 6.92 Å². The number of carboxylic acid groups (broad SMARTS) is 1. The van der Waals surface area contributed by atoms with Crippen LogP contribution in [0.3, 0.4) is 0 Å². The standard InChI is InChI=1S/C23H21N3O3S2.C2HF3O2/c1-15-6-12-18(13-7-15)31(28,29)26-21(17-10-8-16(14-24)9-11-17)22(27)23-25-19-4-2-3-5-20(19)30-23;3-2(4,5)1(6)7/h2-13,21,26H,14,24H2,1H3;(H,6,7). The van der Waals surface area contributed by atoms with E-state index in [-0.39, 0.29) is 9.90 Å². The minimum absolute atomic E-state index is 0.0961. The molecule has 1 aromatic heterocycles. The van der Waals surface area contributed by atoms with Crippen LogP contribution in [0.15, 0.2) is 77.7 Å². The molecule has 3 aromatic carbocycles. The highest BCUT2D eigenvalue weighted by molar-refractivity contribution is 7.89. The maximum Gasteiger partial charge on any atom is 0.490 e. The number of nitrogens with two attached hydrogens (primary N) is 1. The van der Waals surface area contributed by atoms with Crippen LogP contribution in [-0.4, -0.2) is 36.4 Å². The number of benzene rings is 3. The van der Waals surface area contributed by atoms with E-state index >= 15 is 0 Å². The van der Waals surface area contributed by atoms with Crippen molar-refractivity contribution < 1.29 is 36.3 Å². The van der Waals surface area contributed by atoms with Crippen molar-refractivity contribution in [3.63, 3.8) is 0 Å². The molecule has 38 heavy (non-hydrogen) atoms. The minimum atomic E-state index is -5.08. The Morgan fingerprint density at radius 2 is 1.61 bits per heavy atom. The Kier molecular flexibility index (Phi) is 8.99. The van der Waals surface area contributed by atoms with E-state index in [1.807, 2.05) is 31.2 Å². The number of carbonyl (C=O) groups is 2. The quantitative estimate of drug-likeness (QED) is 0.278. The third kappa shape index (κ3) is 7.22. The number of carboxylic acids is 1. The maximum atomic E-state index is 13.4. The first-order valence-electron chi connectivity index (χ1n) is 10.9. The Hall–Kier alpha value is -3.65. The highest BCUT2D eigenvalue weighted by Gasteiger charge is 2.38. The van der Waals surface area contributed by atoms with E-state index in [1.165, 1.54) is 23.5 Å². The van der Waals surface area contributed by atoms with Gasteiger partial charge in [-0.1, -0.05) is 54.1 Å². The summed E-state index contributed by atoms with van der Waals surface area (Å²) in [7, 11) is -3.94. The van der Waals surface area contributed by atoms with Crippen LogP contribution in [0.1, 0.15) is 32.5 Å². The molecule has 13 heteroatoms. The molecule has 0 aliphatic rings. The van der Waals surface area contributed by atoms with Gasteiger partial charge in [-0.25, -0.2) is 18.2 Å². The molecule has 0 radical (unpaired) electrons. The number of fused-ring (bicyclic) bond motifs is 1. The molecule has 1 unspecified atom stereocenters. The number of nitrogens with one attached hydrogen (secondary N) is 1. The molecule has 1 atom stereocenters. The van der Waals surface area contributed by atoms with Crippen molar-refractivity contribution in [3.8, 4) is 0 Å². The molecule has 4 rings (SSSR count). The summed E-state index contributed by atoms with van der Waals surface area (Å²) in [6, 6.07) is 19.8. The van der Waals surface area contributed by atoms with Crippen molar-refractivity contribution >= 4 is 43.3 Å². The predicted molar refractivity (Wildman–Crippen MR) is 136 cm³/mol. The van der Waals surface area contributed by atoms with Crippen molar-refractivity contribution in [1.82, 2.24) is 9.71 Å². The molecule has 0 fully saturated rings. The van der Waals surface area contributed by atoms with Crippen LogP contribution < -0.4 is 10.5 Å². The summed E-state index contributed by atoms with van der Waals surface area (Å²) in [6.45, 7) is 2.23. The number of hydrogen-bond donors (Lipinski definition) is 3. The van der Waals surface area contributed by atoms with E-state index < -0.39 is 34.0 Å². The van der Waals surface area contributed by atoms with E-state index in [2.05, 4.69) is 9.71 Å². The Labute approximate surface area is 220 Å². The Bertz CT molecular complexity index is 1500. The van der Waals surface area contributed by atoms with Crippen LogP contribution in [0.4, 0.5) is 13.2 Å². The zero-order valence-electron chi connectivity index (χ0n) is 19.8. The second kappa shape index (κ2) is 11.8. The van der Waals surface area contributed by atoms with Crippen LogP contribution in [0.5, 0.6) is 0 Å². The Morgan fingerprint density at radius 1 is 1.03 bits per heavy atom. The number of alkyl halides is 3. The second-order valence-corrected chi connectivity index (χ2v) is 10.7. The normalized spacial score (nSPS) is 12.4. The van der Waals surface area contributed by atoms with Crippen LogP contribution in [0.25, 0.3) is 10.2 Å². The van der Waals surface area contributed by atoms with Gasteiger partial charge in [0.15, 0.2) is 5.01 Å². The molecule has 8 nitrogen and oxygen atoms in total. The largest absolute Gasteiger partial charge is 0.490 e. The first kappa shape index (κ1) is 28.9. The van der Waals surface area contributed by atoms with Gasteiger partial charge in [0.2, 0.25) is 15.8 Å². The molecule has 0 saturated heterocycles. The van der Waals surface area contributed by atoms with Crippen LogP contribution in [-0.2, 0) is 21.4 Å². The SMILES string of the molecule is Cc1ccc(S(=O)(=O)NC(C(=O)c2nc3ccccc3s2)c2ccc(CN)cc2)cc1.O=C(O)C(F)(F)F. The summed E-state index contributed by atoms with van der Waals surface area (Å²) < 4.78 is 61.3. The van der Waals surface area contributed by atoms with Gasteiger partial charge in [-0.2, -0.15) is 17.9 Å². The number of ketones is 1. The Morgan fingerprint density at radius 3 is 2.13 bits per heavy atom. The lowest BCUT2D eigenvalue weighted by atomic mass is 10.0. The van der Waals surface area contributed by atoms with Crippen molar-refractivity contribution in [3.05, 3.63) is 94.5 Å². The lowest BCUT2D eigenvalue weighted by Crippen LogP contribution is -2.34. The minimum Gasteiger partial charge on any atom is -0.475 e. The number of aromatic nitrogens is 1. The van der Waals surface area contributed by atoms with E-state index in [9.17, 15) is 26.4 Å². The van der Waals surface area contributed by atoms with Gasteiger partial charge >= 0.3 is 12.1 Å². The van der Waals surface area contributed by atoms with Crippen LogP contribution >= 0.6 is 11.3 Å². The molecule has 4 N–H and O–H groups in total. The summed E-state index contributed by atoms with van der Waals surface area (Å²) in [5.41, 5.74) is 8.73. The molecule has 1 heterocycles. The zero-order valence-corrected chi connectivity index (χ0v) is 21.4. The van der Waals surface area contributed by atoms with Gasteiger partial charge in [0.05, 0.1) is 15.1 Å². The number of rotatable bonds is 7. The number of halogens is 3. The number of nitrogens with zero attached hydrogens (tertiary/aromatic N) is 1. The van der Waals surface area contributed by atoms with E-state index in [4.69, 9.17) is 15.6 Å². The van der Waals surface area contributed by atoms with E-state index in [0.29, 0.717) is 17.6 Å². The fourth-order valence-corrected chi connectivity index (χ4v) is 5.28. The van der Waals surface area contributed by atoms with Crippen molar-refractivity contribution in [1.29, 1.82) is 0 Å². The number of para-hydroxylation sites is 1. The van der Waals surface area contributed by atoms with Crippen molar-refractivity contribution in [2.24, 2.45) is 5.73 Å². The van der Waals surface area contributed by atoms with Crippen LogP contribution in [0.2, 0.25) is 0 Å². The average Bonchev–Trinajstić information content (AvgIpc) is 3.31. The monoisotopic (exact) mass is 565 g/mol. The maximum absolute atomic E-state index is 13.4. The topological polar surface area (TPSA) is 139 Å². The fourth-order valence-electron chi connectivity index (χ4n) is 3.16. The molecule has 200 valence electrons. The smallest absolute Gasteiger partial charge is 0.475 e. The fraction of sp³-hybridized carbons (Fsp3) is 0.160.